The zero-order chi connectivity index (χ0) is 15.5. The van der Waals surface area contributed by atoms with Gasteiger partial charge in [-0.15, -0.1) is 10.2 Å². The van der Waals surface area contributed by atoms with Crippen molar-refractivity contribution in [1.29, 1.82) is 0 Å². The minimum Gasteiger partial charge on any atom is -0.493 e. The zero-order valence-corrected chi connectivity index (χ0v) is 14.7. The molecular formula is C15H15BrN4OS. The molecule has 0 aliphatic carbocycles. The Kier molecular flexibility index (Phi) is 4.63. The third-order valence-corrected chi connectivity index (χ3v) is 4.43. The number of halogens is 1. The van der Waals surface area contributed by atoms with Crippen molar-refractivity contribution in [2.45, 2.75) is 19.0 Å². The molecule has 0 fully saturated rings. The third-order valence-electron chi connectivity index (χ3n) is 3.04. The van der Waals surface area contributed by atoms with Crippen LogP contribution < -0.4 is 4.74 Å². The van der Waals surface area contributed by atoms with Crippen LogP contribution in [0.25, 0.3) is 5.78 Å². The molecule has 0 atom stereocenters. The van der Waals surface area contributed by atoms with Crippen LogP contribution >= 0.6 is 27.7 Å². The van der Waals surface area contributed by atoms with Crippen LogP contribution in [0.4, 0.5) is 0 Å². The fourth-order valence-corrected chi connectivity index (χ4v) is 3.32. The van der Waals surface area contributed by atoms with Crippen molar-refractivity contribution in [1.82, 2.24) is 19.6 Å². The van der Waals surface area contributed by atoms with Gasteiger partial charge in [0.2, 0.25) is 0 Å². The molecule has 3 aromatic rings. The highest BCUT2D eigenvalue weighted by Crippen LogP contribution is 2.20. The van der Waals surface area contributed by atoms with E-state index in [0.717, 1.165) is 32.5 Å². The van der Waals surface area contributed by atoms with E-state index in [0.29, 0.717) is 12.4 Å². The van der Waals surface area contributed by atoms with Crippen LogP contribution in [-0.2, 0) is 0 Å². The maximum absolute atomic E-state index is 5.72. The first-order valence-corrected chi connectivity index (χ1v) is 8.62. The van der Waals surface area contributed by atoms with Gasteiger partial charge >= 0.3 is 0 Å². The molecule has 3 rings (SSSR count). The maximum atomic E-state index is 5.72. The summed E-state index contributed by atoms with van der Waals surface area (Å²) in [6.07, 6.45) is 0. The van der Waals surface area contributed by atoms with Crippen LogP contribution in [0.2, 0.25) is 0 Å². The van der Waals surface area contributed by atoms with Crippen LogP contribution in [0.5, 0.6) is 5.75 Å². The number of thioether (sulfide) groups is 1. The number of hydrogen-bond acceptors (Lipinski definition) is 5. The van der Waals surface area contributed by atoms with Gasteiger partial charge < -0.3 is 4.74 Å². The molecule has 0 aliphatic rings. The summed E-state index contributed by atoms with van der Waals surface area (Å²) in [6.45, 7) is 4.60. The van der Waals surface area contributed by atoms with Gasteiger partial charge in [0, 0.05) is 21.6 Å². The minimum atomic E-state index is 0.606. The predicted octanol–water partition coefficient (Wildman–Crippen LogP) is 3.67. The van der Waals surface area contributed by atoms with Crippen molar-refractivity contribution < 1.29 is 4.74 Å². The van der Waals surface area contributed by atoms with Crippen LogP contribution in [-0.4, -0.2) is 31.9 Å². The lowest BCUT2D eigenvalue weighted by Gasteiger charge is -2.06. The molecule has 0 N–H and O–H groups in total. The van der Waals surface area contributed by atoms with Crippen molar-refractivity contribution in [2.24, 2.45) is 0 Å². The fraction of sp³-hybridized carbons (Fsp3) is 0.267. The monoisotopic (exact) mass is 378 g/mol. The Labute approximate surface area is 141 Å². The molecule has 5 nitrogen and oxygen atoms in total. The van der Waals surface area contributed by atoms with E-state index in [4.69, 9.17) is 4.74 Å². The second kappa shape index (κ2) is 6.66. The Bertz CT molecular complexity index is 805. The van der Waals surface area contributed by atoms with Gasteiger partial charge in [0.15, 0.2) is 5.16 Å². The summed E-state index contributed by atoms with van der Waals surface area (Å²) in [7, 11) is 0. The summed E-state index contributed by atoms with van der Waals surface area (Å²) >= 11 is 5.04. The molecule has 2 aromatic heterocycles. The number of hydrogen-bond donors (Lipinski definition) is 0. The fourth-order valence-electron chi connectivity index (χ4n) is 2.14. The Morgan fingerprint density at radius 2 is 2.09 bits per heavy atom. The molecule has 0 unspecified atom stereocenters. The molecule has 22 heavy (non-hydrogen) atoms. The van der Waals surface area contributed by atoms with Gasteiger partial charge in [-0.2, -0.15) is 0 Å². The number of fused-ring (bicyclic) bond motifs is 1. The summed E-state index contributed by atoms with van der Waals surface area (Å²) in [5.41, 5.74) is 2.04. The summed E-state index contributed by atoms with van der Waals surface area (Å²) in [5, 5.41) is 9.17. The second-order valence-corrected chi connectivity index (χ2v) is 6.79. The zero-order valence-electron chi connectivity index (χ0n) is 12.3. The number of rotatable bonds is 5. The molecule has 1 aromatic carbocycles. The Morgan fingerprint density at radius 3 is 2.91 bits per heavy atom. The quantitative estimate of drug-likeness (QED) is 0.500. The molecule has 0 spiro atoms. The molecular weight excluding hydrogens is 364 g/mol. The molecule has 0 radical (unpaired) electrons. The number of aromatic nitrogens is 4. The Morgan fingerprint density at radius 1 is 1.23 bits per heavy atom. The minimum absolute atomic E-state index is 0.606. The van der Waals surface area contributed by atoms with Crippen LogP contribution in [0, 0.1) is 13.8 Å². The van der Waals surface area contributed by atoms with Gasteiger partial charge in [-0.05, 0) is 38.1 Å². The number of benzene rings is 1. The lowest BCUT2D eigenvalue weighted by molar-refractivity contribution is 0.343. The van der Waals surface area contributed by atoms with Crippen molar-refractivity contribution in [3.63, 3.8) is 0 Å². The molecule has 0 bridgehead atoms. The lowest BCUT2D eigenvalue weighted by Crippen LogP contribution is -2.02. The number of nitrogens with zero attached hydrogens (tertiary/aromatic N) is 4. The van der Waals surface area contributed by atoms with Crippen LogP contribution in [0.3, 0.4) is 0 Å². The normalized spacial score (nSPS) is 11.0. The highest BCUT2D eigenvalue weighted by Gasteiger charge is 2.10. The Balaban J connectivity index is 1.62. The predicted molar refractivity (Wildman–Crippen MR) is 90.6 cm³/mol. The molecule has 114 valence electrons. The van der Waals surface area contributed by atoms with Gasteiger partial charge in [-0.1, -0.05) is 33.8 Å². The van der Waals surface area contributed by atoms with E-state index in [-0.39, 0.29) is 0 Å². The highest BCUT2D eigenvalue weighted by atomic mass is 79.9. The highest BCUT2D eigenvalue weighted by molar-refractivity contribution is 9.10. The van der Waals surface area contributed by atoms with E-state index in [9.17, 15) is 0 Å². The van der Waals surface area contributed by atoms with E-state index < -0.39 is 0 Å². The average Bonchev–Trinajstić information content (AvgIpc) is 2.87. The van der Waals surface area contributed by atoms with E-state index in [2.05, 4.69) is 31.1 Å². The van der Waals surface area contributed by atoms with Gasteiger partial charge in [0.25, 0.3) is 5.78 Å². The van der Waals surface area contributed by atoms with Crippen molar-refractivity contribution in [3.05, 3.63) is 46.2 Å². The molecule has 2 heterocycles. The van der Waals surface area contributed by atoms with Crippen LogP contribution in [0.1, 0.15) is 11.4 Å². The summed E-state index contributed by atoms with van der Waals surface area (Å²) in [4.78, 5) is 4.38. The van der Waals surface area contributed by atoms with Gasteiger partial charge in [-0.3, -0.25) is 4.40 Å². The van der Waals surface area contributed by atoms with E-state index >= 15 is 0 Å². The first-order chi connectivity index (χ1) is 10.6. The largest absolute Gasteiger partial charge is 0.493 e. The molecule has 0 aliphatic heterocycles. The molecule has 7 heteroatoms. The van der Waals surface area contributed by atoms with Gasteiger partial charge in [0.1, 0.15) is 5.75 Å². The van der Waals surface area contributed by atoms with Gasteiger partial charge in [0.05, 0.1) is 6.61 Å². The summed E-state index contributed by atoms with van der Waals surface area (Å²) in [5.74, 6) is 2.29. The van der Waals surface area contributed by atoms with Crippen molar-refractivity contribution in [3.8, 4) is 5.75 Å². The summed E-state index contributed by atoms with van der Waals surface area (Å²) < 4.78 is 8.70. The third kappa shape index (κ3) is 3.41. The van der Waals surface area contributed by atoms with E-state index in [1.807, 2.05) is 48.6 Å². The smallest absolute Gasteiger partial charge is 0.256 e. The summed E-state index contributed by atoms with van der Waals surface area (Å²) in [6, 6.07) is 9.85. The second-order valence-electron chi connectivity index (χ2n) is 4.81. The van der Waals surface area contributed by atoms with Crippen LogP contribution in [0.15, 0.2) is 40.0 Å². The van der Waals surface area contributed by atoms with Crippen molar-refractivity contribution >= 4 is 33.5 Å². The first-order valence-electron chi connectivity index (χ1n) is 6.84. The van der Waals surface area contributed by atoms with Crippen molar-refractivity contribution in [2.75, 3.05) is 12.4 Å². The SMILES string of the molecule is Cc1cc(C)n2c(SCCOc3cccc(Br)c3)nnc2n1. The van der Waals surface area contributed by atoms with E-state index in [1.165, 1.54) is 0 Å². The Hall–Kier alpha value is -1.60. The number of ether oxygens (including phenoxy) is 1. The molecule has 0 saturated carbocycles. The number of aryl methyl sites for hydroxylation is 2. The lowest BCUT2D eigenvalue weighted by atomic mass is 10.3. The first kappa shape index (κ1) is 15.3. The van der Waals surface area contributed by atoms with E-state index in [1.54, 1.807) is 11.8 Å². The average molecular weight is 379 g/mol. The maximum Gasteiger partial charge on any atom is 0.256 e. The standard InChI is InChI=1S/C15H15BrN4OS/c1-10-8-11(2)20-14(17-10)18-19-15(20)22-7-6-21-13-5-3-4-12(16)9-13/h3-5,8-9H,6-7H2,1-2H3. The molecule has 0 amide bonds. The topological polar surface area (TPSA) is 52.3 Å². The van der Waals surface area contributed by atoms with Gasteiger partial charge in [-0.25, -0.2) is 4.98 Å². The molecule has 0 saturated heterocycles.